The van der Waals surface area contributed by atoms with Crippen molar-refractivity contribution in [3.63, 3.8) is 0 Å². The molecule has 2 aromatic heterocycles. The van der Waals surface area contributed by atoms with Gasteiger partial charge in [0, 0.05) is 42.3 Å². The summed E-state index contributed by atoms with van der Waals surface area (Å²) in [6.45, 7) is 0. The van der Waals surface area contributed by atoms with E-state index in [1.54, 1.807) is 6.07 Å². The van der Waals surface area contributed by atoms with Crippen LogP contribution in [0.2, 0.25) is 0 Å². The van der Waals surface area contributed by atoms with Crippen molar-refractivity contribution in [2.75, 3.05) is 17.7 Å². The predicted octanol–water partition coefficient (Wildman–Crippen LogP) is 3.74. The molecule has 7 nitrogen and oxygen atoms in total. The molecule has 0 spiro atoms. The molecule has 0 bridgehead atoms. The Kier molecular flexibility index (Phi) is 5.72. The van der Waals surface area contributed by atoms with Crippen LogP contribution in [-0.2, 0) is 7.05 Å². The highest BCUT2D eigenvalue weighted by Crippen LogP contribution is 2.35. The molecule has 10 heteroatoms. The number of aryl methyl sites for hydroxylation is 1. The standard InChI is InChI=1S/C22H25F3N6O/c1-27-18-16(4-3-8-22(18,24)25)29-21-15(23)11-14(19(26)32)20(30-21)28-13-5-6-17-12(10-13)7-9-31(17)2/h5-7,9-11,16,18,27H,3-4,8H2,1-2H3,(H2,26,32)(H2,28,29,30). The van der Waals surface area contributed by atoms with E-state index in [9.17, 15) is 18.0 Å². The number of alkyl halides is 2. The SMILES string of the molecule is CNC1C(Nc2nc(Nc3ccc4c(ccn4C)c3)c(C(N)=O)cc2F)CCCC1(F)F. The minimum absolute atomic E-state index is 0.0419. The summed E-state index contributed by atoms with van der Waals surface area (Å²) in [7, 11) is 3.37. The zero-order valence-corrected chi connectivity index (χ0v) is 17.8. The monoisotopic (exact) mass is 446 g/mol. The Labute approximate surface area is 183 Å². The molecule has 3 aromatic rings. The van der Waals surface area contributed by atoms with E-state index >= 15 is 0 Å². The molecule has 0 saturated heterocycles. The van der Waals surface area contributed by atoms with Gasteiger partial charge in [0.2, 0.25) is 0 Å². The van der Waals surface area contributed by atoms with E-state index in [4.69, 9.17) is 5.73 Å². The third-order valence-electron chi connectivity index (χ3n) is 5.91. The quantitative estimate of drug-likeness (QED) is 0.463. The van der Waals surface area contributed by atoms with E-state index in [0.717, 1.165) is 17.0 Å². The summed E-state index contributed by atoms with van der Waals surface area (Å²) in [6.07, 6.45) is 2.40. The summed E-state index contributed by atoms with van der Waals surface area (Å²) >= 11 is 0. The molecule has 0 aliphatic heterocycles. The van der Waals surface area contributed by atoms with Gasteiger partial charge in [-0.2, -0.15) is 0 Å². The highest BCUT2D eigenvalue weighted by Gasteiger charge is 2.46. The minimum Gasteiger partial charge on any atom is -0.365 e. The Bertz CT molecular complexity index is 1160. The predicted molar refractivity (Wildman–Crippen MR) is 118 cm³/mol. The van der Waals surface area contributed by atoms with Crippen LogP contribution in [0.25, 0.3) is 10.9 Å². The molecular formula is C22H25F3N6O. The van der Waals surface area contributed by atoms with Crippen LogP contribution in [0, 0.1) is 5.82 Å². The number of rotatable bonds is 6. The third kappa shape index (κ3) is 4.10. The average Bonchev–Trinajstić information content (AvgIpc) is 3.09. The molecule has 1 fully saturated rings. The van der Waals surface area contributed by atoms with Crippen LogP contribution in [0.3, 0.4) is 0 Å². The van der Waals surface area contributed by atoms with Crippen molar-refractivity contribution in [1.82, 2.24) is 14.9 Å². The van der Waals surface area contributed by atoms with Crippen LogP contribution in [0.15, 0.2) is 36.5 Å². The van der Waals surface area contributed by atoms with E-state index in [1.807, 2.05) is 36.0 Å². The number of pyridine rings is 1. The number of fused-ring (bicyclic) bond motifs is 1. The fourth-order valence-electron chi connectivity index (χ4n) is 4.29. The zero-order valence-electron chi connectivity index (χ0n) is 17.8. The Balaban J connectivity index is 1.67. The first kappa shape index (κ1) is 21.9. The van der Waals surface area contributed by atoms with Crippen molar-refractivity contribution in [2.45, 2.75) is 37.3 Å². The molecule has 0 radical (unpaired) electrons. The lowest BCUT2D eigenvalue weighted by atomic mass is 9.87. The summed E-state index contributed by atoms with van der Waals surface area (Å²) in [5.41, 5.74) is 6.92. The topological polar surface area (TPSA) is 97.0 Å². The van der Waals surface area contributed by atoms with Crippen molar-refractivity contribution in [1.29, 1.82) is 0 Å². The van der Waals surface area contributed by atoms with Crippen LogP contribution in [0.4, 0.5) is 30.5 Å². The fraction of sp³-hybridized carbons (Fsp3) is 0.364. The van der Waals surface area contributed by atoms with Gasteiger partial charge in [-0.1, -0.05) is 0 Å². The average molecular weight is 446 g/mol. The van der Waals surface area contributed by atoms with E-state index in [0.29, 0.717) is 18.5 Å². The molecule has 1 aliphatic carbocycles. The molecule has 32 heavy (non-hydrogen) atoms. The summed E-state index contributed by atoms with van der Waals surface area (Å²) < 4.78 is 45.3. The van der Waals surface area contributed by atoms with Crippen molar-refractivity contribution in [3.05, 3.63) is 47.9 Å². The van der Waals surface area contributed by atoms with Gasteiger partial charge in [-0.3, -0.25) is 4.79 Å². The number of primary amides is 1. The molecule has 1 aromatic carbocycles. The largest absolute Gasteiger partial charge is 0.365 e. The number of nitrogens with two attached hydrogens (primary N) is 1. The summed E-state index contributed by atoms with van der Waals surface area (Å²) in [5.74, 6) is -4.81. The van der Waals surface area contributed by atoms with Gasteiger partial charge in [0.15, 0.2) is 11.6 Å². The Morgan fingerprint density at radius 3 is 2.75 bits per heavy atom. The molecular weight excluding hydrogens is 421 g/mol. The molecule has 170 valence electrons. The molecule has 1 aliphatic rings. The van der Waals surface area contributed by atoms with Gasteiger partial charge in [0.05, 0.1) is 11.6 Å². The molecule has 1 saturated carbocycles. The fourth-order valence-corrected chi connectivity index (χ4v) is 4.29. The zero-order chi connectivity index (χ0) is 23.0. The first-order chi connectivity index (χ1) is 15.2. The number of nitrogens with zero attached hydrogens (tertiary/aromatic N) is 2. The van der Waals surface area contributed by atoms with Gasteiger partial charge >= 0.3 is 0 Å². The second kappa shape index (κ2) is 8.34. The summed E-state index contributed by atoms with van der Waals surface area (Å²) in [5, 5.41) is 9.41. The first-order valence-electron chi connectivity index (χ1n) is 10.3. The van der Waals surface area contributed by atoms with Crippen LogP contribution >= 0.6 is 0 Å². The highest BCUT2D eigenvalue weighted by molar-refractivity contribution is 5.99. The third-order valence-corrected chi connectivity index (χ3v) is 5.91. The Hall–Kier alpha value is -3.27. The van der Waals surface area contributed by atoms with Gasteiger partial charge in [-0.05, 0) is 50.2 Å². The maximum atomic E-state index is 14.7. The number of hydrogen-bond donors (Lipinski definition) is 4. The Morgan fingerprint density at radius 2 is 2.03 bits per heavy atom. The summed E-state index contributed by atoms with van der Waals surface area (Å²) in [4.78, 5) is 16.1. The van der Waals surface area contributed by atoms with Gasteiger partial charge in [0.25, 0.3) is 11.8 Å². The Morgan fingerprint density at radius 1 is 1.25 bits per heavy atom. The van der Waals surface area contributed by atoms with Crippen molar-refractivity contribution >= 4 is 34.1 Å². The maximum absolute atomic E-state index is 14.7. The number of benzene rings is 1. The lowest BCUT2D eigenvalue weighted by molar-refractivity contribution is -0.0654. The number of carbonyl (C=O) groups is 1. The van der Waals surface area contributed by atoms with E-state index in [2.05, 4.69) is 20.9 Å². The van der Waals surface area contributed by atoms with E-state index < -0.39 is 29.7 Å². The second-order valence-electron chi connectivity index (χ2n) is 8.07. The van der Waals surface area contributed by atoms with Gasteiger partial charge in [0.1, 0.15) is 5.82 Å². The number of aromatic nitrogens is 2. The second-order valence-corrected chi connectivity index (χ2v) is 8.07. The number of hydrogen-bond acceptors (Lipinski definition) is 5. The highest BCUT2D eigenvalue weighted by atomic mass is 19.3. The van der Waals surface area contributed by atoms with Crippen molar-refractivity contribution < 1.29 is 18.0 Å². The number of likely N-dealkylation sites (N-methyl/N-ethyl adjacent to an activating group) is 1. The van der Waals surface area contributed by atoms with Gasteiger partial charge in [-0.15, -0.1) is 0 Å². The number of carbonyl (C=O) groups excluding carboxylic acids is 1. The van der Waals surface area contributed by atoms with Gasteiger partial charge in [-0.25, -0.2) is 18.2 Å². The molecule has 2 unspecified atom stereocenters. The molecule has 2 heterocycles. The molecule has 1 amide bonds. The van der Waals surface area contributed by atoms with Crippen LogP contribution in [-0.4, -0.2) is 40.5 Å². The van der Waals surface area contributed by atoms with Crippen molar-refractivity contribution in [3.8, 4) is 0 Å². The number of amides is 1. The normalized spacial score (nSPS) is 20.3. The van der Waals surface area contributed by atoms with Crippen LogP contribution in [0.5, 0.6) is 0 Å². The molecule has 4 rings (SSSR count). The van der Waals surface area contributed by atoms with Gasteiger partial charge < -0.3 is 26.3 Å². The minimum atomic E-state index is -2.93. The van der Waals surface area contributed by atoms with Crippen LogP contribution in [0.1, 0.15) is 29.6 Å². The molecule has 2 atom stereocenters. The van der Waals surface area contributed by atoms with Crippen LogP contribution < -0.4 is 21.7 Å². The lowest BCUT2D eigenvalue weighted by Crippen LogP contribution is -2.56. The lowest BCUT2D eigenvalue weighted by Gasteiger charge is -2.38. The number of halogens is 3. The number of anilines is 3. The molecule has 5 N–H and O–H groups in total. The number of nitrogens with one attached hydrogen (secondary N) is 3. The maximum Gasteiger partial charge on any atom is 0.265 e. The van der Waals surface area contributed by atoms with E-state index in [1.165, 1.54) is 7.05 Å². The van der Waals surface area contributed by atoms with E-state index in [-0.39, 0.29) is 23.6 Å². The summed E-state index contributed by atoms with van der Waals surface area (Å²) in [6, 6.07) is 6.54. The smallest absolute Gasteiger partial charge is 0.265 e. The van der Waals surface area contributed by atoms with Crippen molar-refractivity contribution in [2.24, 2.45) is 12.8 Å². The first-order valence-corrected chi connectivity index (χ1v) is 10.3.